The number of Topliss-reactive ketones (excluding diaryl/α,β-unsaturated/α-hetero) is 1. The number of nitrogens with one attached hydrogen (secondary N) is 1. The summed E-state index contributed by atoms with van der Waals surface area (Å²) in [5, 5.41) is 21.5. The van der Waals surface area contributed by atoms with Gasteiger partial charge in [-0.2, -0.15) is 0 Å². The summed E-state index contributed by atoms with van der Waals surface area (Å²) in [6.45, 7) is 0.164. The zero-order valence-electron chi connectivity index (χ0n) is 17.0. The summed E-state index contributed by atoms with van der Waals surface area (Å²) in [5.74, 6) is -1.20. The third kappa shape index (κ3) is 6.21. The fourth-order valence-electron chi connectivity index (χ4n) is 3.36. The Balaban J connectivity index is 1.54. The van der Waals surface area contributed by atoms with Crippen LogP contribution in [0.3, 0.4) is 0 Å². The molecule has 31 heavy (non-hydrogen) atoms. The number of aromatic hydroxyl groups is 1. The van der Waals surface area contributed by atoms with E-state index in [0.29, 0.717) is 25.8 Å². The molecule has 3 N–H and O–H groups in total. The molecule has 0 saturated heterocycles. The van der Waals surface area contributed by atoms with Crippen LogP contribution in [0.5, 0.6) is 17.2 Å². The van der Waals surface area contributed by atoms with Crippen molar-refractivity contribution in [3.8, 4) is 17.2 Å². The first-order chi connectivity index (χ1) is 14.9. The van der Waals surface area contributed by atoms with Crippen molar-refractivity contribution in [3.05, 3.63) is 53.6 Å². The number of ether oxygens (including phenoxy) is 2. The van der Waals surface area contributed by atoms with E-state index in [4.69, 9.17) is 14.6 Å². The molecule has 1 atom stereocenters. The Kier molecular flexibility index (Phi) is 7.48. The molecule has 0 spiro atoms. The van der Waals surface area contributed by atoms with Crippen LogP contribution in [0.25, 0.3) is 0 Å². The Morgan fingerprint density at radius 3 is 2.65 bits per heavy atom. The molecule has 0 fully saturated rings. The molecule has 2 aromatic rings. The van der Waals surface area contributed by atoms with Gasteiger partial charge in [-0.25, -0.2) is 0 Å². The van der Waals surface area contributed by atoms with E-state index in [1.165, 1.54) is 12.1 Å². The fraction of sp³-hybridized carbons (Fsp3) is 0.348. The summed E-state index contributed by atoms with van der Waals surface area (Å²) in [7, 11) is 0. The third-order valence-corrected chi connectivity index (χ3v) is 4.90. The quantitative estimate of drug-likeness (QED) is 0.498. The molecule has 1 heterocycles. The van der Waals surface area contributed by atoms with Crippen LogP contribution < -0.4 is 14.8 Å². The second kappa shape index (κ2) is 10.5. The molecule has 0 bridgehead atoms. The molecule has 1 amide bonds. The predicted molar refractivity (Wildman–Crippen MR) is 111 cm³/mol. The zero-order chi connectivity index (χ0) is 22.2. The molecule has 1 aliphatic heterocycles. The van der Waals surface area contributed by atoms with Crippen molar-refractivity contribution in [3.63, 3.8) is 0 Å². The van der Waals surface area contributed by atoms with Crippen molar-refractivity contribution < 1.29 is 34.1 Å². The Bertz CT molecular complexity index is 942. The summed E-state index contributed by atoms with van der Waals surface area (Å²) >= 11 is 0. The average molecular weight is 427 g/mol. The number of carboxylic acids is 1. The summed E-state index contributed by atoms with van der Waals surface area (Å²) < 4.78 is 11.4. The molecular weight excluding hydrogens is 402 g/mol. The number of phenolic OH excluding ortho intramolecular Hbond substituents is 1. The molecule has 8 heteroatoms. The summed E-state index contributed by atoms with van der Waals surface area (Å²) in [5.41, 5.74) is 0.973. The largest absolute Gasteiger partial charge is 0.507 e. The molecular formula is C23H25NO7. The van der Waals surface area contributed by atoms with Gasteiger partial charge in [-0.05, 0) is 18.4 Å². The standard InChI is InChI=1S/C23H25NO7/c25-17-11-16(30-14-21(27)24-10-6-2-5-9-22(28)29)12-20-23(17)18(26)13-19(31-20)15-7-3-1-4-8-15/h1,3-4,7-8,11-12,19,25H,2,5-6,9-10,13-14H2,(H,24,27)(H,28,29). The smallest absolute Gasteiger partial charge is 0.303 e. The second-order valence-corrected chi connectivity index (χ2v) is 7.30. The van der Waals surface area contributed by atoms with Crippen molar-refractivity contribution in [2.24, 2.45) is 0 Å². The second-order valence-electron chi connectivity index (χ2n) is 7.30. The number of fused-ring (bicyclic) bond motifs is 1. The average Bonchev–Trinajstić information content (AvgIpc) is 2.74. The van der Waals surface area contributed by atoms with Crippen molar-refractivity contribution in [2.45, 2.75) is 38.2 Å². The van der Waals surface area contributed by atoms with E-state index in [1.54, 1.807) is 0 Å². The highest BCUT2D eigenvalue weighted by molar-refractivity contribution is 6.02. The van der Waals surface area contributed by atoms with Crippen LogP contribution in [0.2, 0.25) is 0 Å². The number of ketones is 1. The number of amides is 1. The lowest BCUT2D eigenvalue weighted by Gasteiger charge is -2.26. The minimum Gasteiger partial charge on any atom is -0.507 e. The molecule has 0 saturated carbocycles. The zero-order valence-corrected chi connectivity index (χ0v) is 17.0. The third-order valence-electron chi connectivity index (χ3n) is 4.90. The predicted octanol–water partition coefficient (Wildman–Crippen LogP) is 3.24. The van der Waals surface area contributed by atoms with Gasteiger partial charge >= 0.3 is 5.97 Å². The molecule has 164 valence electrons. The van der Waals surface area contributed by atoms with E-state index in [9.17, 15) is 19.5 Å². The van der Waals surface area contributed by atoms with Crippen LogP contribution in [-0.4, -0.2) is 41.0 Å². The van der Waals surface area contributed by atoms with Crippen LogP contribution in [0.1, 0.15) is 54.1 Å². The Morgan fingerprint density at radius 1 is 1.13 bits per heavy atom. The number of hydrogen-bond acceptors (Lipinski definition) is 6. The number of carbonyl (C=O) groups is 3. The first-order valence-electron chi connectivity index (χ1n) is 10.2. The molecule has 2 aromatic carbocycles. The number of phenols is 1. The number of carboxylic acid groups (broad SMARTS) is 1. The van der Waals surface area contributed by atoms with Crippen LogP contribution in [0.4, 0.5) is 0 Å². The number of aliphatic carboxylic acids is 1. The lowest BCUT2D eigenvalue weighted by molar-refractivity contribution is -0.137. The number of hydrogen-bond donors (Lipinski definition) is 3. The van der Waals surface area contributed by atoms with Gasteiger partial charge in [0.05, 0.1) is 6.42 Å². The highest BCUT2D eigenvalue weighted by Gasteiger charge is 2.30. The monoisotopic (exact) mass is 427 g/mol. The molecule has 8 nitrogen and oxygen atoms in total. The maximum absolute atomic E-state index is 12.5. The van der Waals surface area contributed by atoms with Gasteiger partial charge in [0.1, 0.15) is 28.9 Å². The SMILES string of the molecule is O=C(O)CCCCCNC(=O)COc1cc(O)c2c(c1)OC(c1ccccc1)CC2=O. The lowest BCUT2D eigenvalue weighted by Crippen LogP contribution is -2.29. The number of benzene rings is 2. The maximum Gasteiger partial charge on any atom is 0.303 e. The van der Waals surface area contributed by atoms with Crippen molar-refractivity contribution in [1.29, 1.82) is 0 Å². The van der Waals surface area contributed by atoms with Gasteiger partial charge in [-0.3, -0.25) is 14.4 Å². The normalized spacial score (nSPS) is 15.0. The molecule has 0 radical (unpaired) electrons. The van der Waals surface area contributed by atoms with Gasteiger partial charge in [0.25, 0.3) is 5.91 Å². The van der Waals surface area contributed by atoms with Gasteiger partial charge in [-0.15, -0.1) is 0 Å². The van der Waals surface area contributed by atoms with Crippen LogP contribution >= 0.6 is 0 Å². The maximum atomic E-state index is 12.5. The van der Waals surface area contributed by atoms with E-state index in [1.807, 2.05) is 30.3 Å². The first kappa shape index (κ1) is 22.1. The molecule has 3 rings (SSSR count). The topological polar surface area (TPSA) is 122 Å². The summed E-state index contributed by atoms with van der Waals surface area (Å²) in [4.78, 5) is 34.9. The van der Waals surface area contributed by atoms with E-state index >= 15 is 0 Å². The van der Waals surface area contributed by atoms with E-state index in [0.717, 1.165) is 5.56 Å². The van der Waals surface area contributed by atoms with E-state index in [-0.39, 0.29) is 54.0 Å². The van der Waals surface area contributed by atoms with Gasteiger partial charge in [0.2, 0.25) is 0 Å². The van der Waals surface area contributed by atoms with Gasteiger partial charge < -0.3 is 25.0 Å². The molecule has 1 aliphatic rings. The molecule has 0 aliphatic carbocycles. The number of rotatable bonds is 10. The summed E-state index contributed by atoms with van der Waals surface area (Å²) in [6, 6.07) is 12.1. The van der Waals surface area contributed by atoms with Gasteiger partial charge in [0.15, 0.2) is 12.4 Å². The number of unbranched alkanes of at least 4 members (excludes halogenated alkanes) is 2. The first-order valence-corrected chi connectivity index (χ1v) is 10.2. The van der Waals surface area contributed by atoms with Crippen molar-refractivity contribution >= 4 is 17.7 Å². The van der Waals surface area contributed by atoms with Crippen LogP contribution in [-0.2, 0) is 9.59 Å². The molecule has 1 unspecified atom stereocenters. The minimum absolute atomic E-state index is 0.116. The summed E-state index contributed by atoms with van der Waals surface area (Å²) in [6.07, 6.45) is 1.74. The lowest BCUT2D eigenvalue weighted by atomic mass is 9.95. The number of carbonyl (C=O) groups excluding carboxylic acids is 2. The van der Waals surface area contributed by atoms with Gasteiger partial charge in [0, 0.05) is 25.1 Å². The van der Waals surface area contributed by atoms with E-state index < -0.39 is 12.1 Å². The minimum atomic E-state index is -0.827. The van der Waals surface area contributed by atoms with Crippen molar-refractivity contribution in [1.82, 2.24) is 5.32 Å². The fourth-order valence-corrected chi connectivity index (χ4v) is 3.36. The molecule has 0 aromatic heterocycles. The van der Waals surface area contributed by atoms with Gasteiger partial charge in [-0.1, -0.05) is 36.8 Å². The van der Waals surface area contributed by atoms with Crippen LogP contribution in [0.15, 0.2) is 42.5 Å². The Morgan fingerprint density at radius 2 is 1.90 bits per heavy atom. The van der Waals surface area contributed by atoms with E-state index in [2.05, 4.69) is 5.32 Å². The Hall–Kier alpha value is -3.55. The van der Waals surface area contributed by atoms with Crippen molar-refractivity contribution in [2.75, 3.05) is 13.2 Å². The Labute approximate surface area is 179 Å². The highest BCUT2D eigenvalue weighted by Crippen LogP contribution is 2.41. The highest BCUT2D eigenvalue weighted by atomic mass is 16.5. The van der Waals surface area contributed by atoms with Crippen LogP contribution in [0, 0.1) is 0 Å².